The summed E-state index contributed by atoms with van der Waals surface area (Å²) in [6.45, 7) is 10.4. The van der Waals surface area contributed by atoms with Crippen LogP contribution in [-0.2, 0) is 10.0 Å². The van der Waals surface area contributed by atoms with E-state index in [0.29, 0.717) is 17.2 Å². The van der Waals surface area contributed by atoms with Gasteiger partial charge < -0.3 is 4.74 Å². The minimum Gasteiger partial charge on any atom is -0.491 e. The molecule has 0 aromatic heterocycles. The quantitative estimate of drug-likeness (QED) is 0.839. The molecule has 0 radical (unpaired) electrons. The first-order chi connectivity index (χ1) is 9.02. The first-order valence-electron chi connectivity index (χ1n) is 6.75. The summed E-state index contributed by atoms with van der Waals surface area (Å²) in [7, 11) is -1.83. The predicted molar refractivity (Wildman–Crippen MR) is 81.5 cm³/mol. The fourth-order valence-corrected chi connectivity index (χ4v) is 3.29. The molecule has 0 unspecified atom stereocenters. The molecule has 1 rings (SSSR count). The molecular weight excluding hydrogens is 274 g/mol. The van der Waals surface area contributed by atoms with Crippen molar-refractivity contribution in [2.45, 2.75) is 45.6 Å². The van der Waals surface area contributed by atoms with Crippen LogP contribution in [0, 0.1) is 5.41 Å². The van der Waals surface area contributed by atoms with Crippen molar-refractivity contribution in [3.63, 3.8) is 0 Å². The number of rotatable bonds is 5. The third kappa shape index (κ3) is 4.80. The van der Waals surface area contributed by atoms with Crippen LogP contribution in [0.5, 0.6) is 5.75 Å². The van der Waals surface area contributed by atoms with E-state index < -0.39 is 10.0 Å². The van der Waals surface area contributed by atoms with Gasteiger partial charge in [0.25, 0.3) is 0 Å². The number of hydrogen-bond acceptors (Lipinski definition) is 3. The van der Waals surface area contributed by atoms with Gasteiger partial charge in [-0.2, -0.15) is 0 Å². The Morgan fingerprint density at radius 2 is 1.65 bits per heavy atom. The van der Waals surface area contributed by atoms with Gasteiger partial charge in [-0.25, -0.2) is 12.7 Å². The fraction of sp³-hybridized carbons (Fsp3) is 0.600. The molecule has 0 amide bonds. The lowest BCUT2D eigenvalue weighted by atomic mass is 9.97. The van der Waals surface area contributed by atoms with Gasteiger partial charge in [-0.15, -0.1) is 0 Å². The molecule has 20 heavy (non-hydrogen) atoms. The van der Waals surface area contributed by atoms with E-state index in [2.05, 4.69) is 0 Å². The lowest BCUT2D eigenvalue weighted by molar-refractivity contribution is 0.242. The van der Waals surface area contributed by atoms with Crippen LogP contribution in [0.2, 0.25) is 0 Å². The highest BCUT2D eigenvalue weighted by atomic mass is 32.2. The molecule has 0 aliphatic carbocycles. The molecule has 0 saturated carbocycles. The summed E-state index contributed by atoms with van der Waals surface area (Å²) in [6, 6.07) is 6.56. The molecule has 0 heterocycles. The second kappa shape index (κ2) is 6.14. The average Bonchev–Trinajstić information content (AvgIpc) is 2.26. The summed E-state index contributed by atoms with van der Waals surface area (Å²) >= 11 is 0. The average molecular weight is 299 g/mol. The van der Waals surface area contributed by atoms with Crippen molar-refractivity contribution in [3.8, 4) is 5.75 Å². The molecule has 0 spiro atoms. The molecule has 1 aromatic rings. The first kappa shape index (κ1) is 17.0. The SMILES string of the molecule is CC(C)Oc1ccc(S(=O)(=O)N(C)CC(C)(C)C)cc1. The minimum atomic E-state index is -3.44. The number of ether oxygens (including phenoxy) is 1. The summed E-state index contributed by atoms with van der Waals surface area (Å²) in [5, 5.41) is 0. The Bertz CT molecular complexity index is 527. The number of benzene rings is 1. The van der Waals surface area contributed by atoms with Crippen LogP contribution in [0.15, 0.2) is 29.2 Å². The van der Waals surface area contributed by atoms with Crippen LogP contribution in [0.1, 0.15) is 34.6 Å². The van der Waals surface area contributed by atoms with Crippen molar-refractivity contribution in [2.75, 3.05) is 13.6 Å². The Morgan fingerprint density at radius 1 is 1.15 bits per heavy atom. The highest BCUT2D eigenvalue weighted by Crippen LogP contribution is 2.22. The second-order valence-corrected chi connectivity index (χ2v) is 8.50. The van der Waals surface area contributed by atoms with Gasteiger partial charge in [-0.3, -0.25) is 0 Å². The van der Waals surface area contributed by atoms with Gasteiger partial charge in [-0.1, -0.05) is 20.8 Å². The Morgan fingerprint density at radius 3 is 2.05 bits per heavy atom. The van der Waals surface area contributed by atoms with E-state index >= 15 is 0 Å². The van der Waals surface area contributed by atoms with E-state index in [1.807, 2.05) is 34.6 Å². The van der Waals surface area contributed by atoms with E-state index in [9.17, 15) is 8.42 Å². The van der Waals surface area contributed by atoms with Gasteiger partial charge in [0.05, 0.1) is 11.0 Å². The molecule has 0 saturated heterocycles. The topological polar surface area (TPSA) is 46.6 Å². The first-order valence-corrected chi connectivity index (χ1v) is 8.19. The van der Waals surface area contributed by atoms with Crippen molar-refractivity contribution in [1.82, 2.24) is 4.31 Å². The van der Waals surface area contributed by atoms with Gasteiger partial charge in [0.15, 0.2) is 0 Å². The Hall–Kier alpha value is -1.07. The van der Waals surface area contributed by atoms with Crippen molar-refractivity contribution in [1.29, 1.82) is 0 Å². The maximum Gasteiger partial charge on any atom is 0.242 e. The minimum absolute atomic E-state index is 0.0704. The van der Waals surface area contributed by atoms with Crippen LogP contribution >= 0.6 is 0 Å². The van der Waals surface area contributed by atoms with Crippen LogP contribution in [0.4, 0.5) is 0 Å². The predicted octanol–water partition coefficient (Wildman–Crippen LogP) is 3.14. The zero-order chi connectivity index (χ0) is 15.6. The van der Waals surface area contributed by atoms with Crippen LogP contribution in [0.3, 0.4) is 0 Å². The van der Waals surface area contributed by atoms with Gasteiger partial charge in [0.2, 0.25) is 10.0 Å². The Labute approximate surface area is 122 Å². The van der Waals surface area contributed by atoms with Crippen molar-refractivity contribution < 1.29 is 13.2 Å². The van der Waals surface area contributed by atoms with Crippen molar-refractivity contribution >= 4 is 10.0 Å². The lowest BCUT2D eigenvalue weighted by Gasteiger charge is -2.26. The van der Waals surface area contributed by atoms with Crippen LogP contribution in [0.25, 0.3) is 0 Å². The molecule has 0 aliphatic rings. The Kier molecular flexibility index (Phi) is 5.21. The third-order valence-corrected chi connectivity index (χ3v) is 4.42. The van der Waals surface area contributed by atoms with E-state index in [1.165, 1.54) is 4.31 Å². The summed E-state index contributed by atoms with van der Waals surface area (Å²) < 4.78 is 31.8. The lowest BCUT2D eigenvalue weighted by Crippen LogP contribution is -2.34. The van der Waals surface area contributed by atoms with Crippen LogP contribution in [-0.4, -0.2) is 32.4 Å². The molecule has 5 heteroatoms. The smallest absolute Gasteiger partial charge is 0.242 e. The van der Waals surface area contributed by atoms with E-state index in [1.54, 1.807) is 31.3 Å². The van der Waals surface area contributed by atoms with Gasteiger partial charge >= 0.3 is 0 Å². The number of sulfonamides is 1. The summed E-state index contributed by atoms with van der Waals surface area (Å²) in [5.41, 5.74) is -0.0808. The van der Waals surface area contributed by atoms with Crippen molar-refractivity contribution in [3.05, 3.63) is 24.3 Å². The Balaban J connectivity index is 2.93. The zero-order valence-corrected chi connectivity index (χ0v) is 14.0. The number of nitrogens with zero attached hydrogens (tertiary/aromatic N) is 1. The summed E-state index contributed by atoms with van der Waals surface area (Å²) in [5.74, 6) is 0.678. The van der Waals surface area contributed by atoms with Gasteiger partial charge in [0, 0.05) is 13.6 Å². The maximum absolute atomic E-state index is 12.4. The summed E-state index contributed by atoms with van der Waals surface area (Å²) in [6.07, 6.45) is 0.0704. The highest BCUT2D eigenvalue weighted by Gasteiger charge is 2.25. The molecule has 114 valence electrons. The molecule has 0 aliphatic heterocycles. The third-order valence-electron chi connectivity index (χ3n) is 2.60. The normalized spacial score (nSPS) is 13.0. The highest BCUT2D eigenvalue weighted by molar-refractivity contribution is 7.89. The standard InChI is InChI=1S/C15H25NO3S/c1-12(2)19-13-7-9-14(10-8-13)20(17,18)16(6)11-15(3,4)5/h7-10,12H,11H2,1-6H3. The maximum atomic E-state index is 12.4. The molecule has 1 aromatic carbocycles. The summed E-state index contributed by atoms with van der Waals surface area (Å²) in [4.78, 5) is 0.292. The molecule has 0 bridgehead atoms. The van der Waals surface area contributed by atoms with Crippen molar-refractivity contribution in [2.24, 2.45) is 5.41 Å². The molecule has 0 atom stereocenters. The van der Waals surface area contributed by atoms with Crippen LogP contribution < -0.4 is 4.74 Å². The largest absolute Gasteiger partial charge is 0.491 e. The van der Waals surface area contributed by atoms with Gasteiger partial charge in [-0.05, 0) is 43.5 Å². The number of hydrogen-bond donors (Lipinski definition) is 0. The molecular formula is C15H25NO3S. The molecule has 4 nitrogen and oxygen atoms in total. The fourth-order valence-electron chi connectivity index (χ4n) is 1.90. The second-order valence-electron chi connectivity index (χ2n) is 6.46. The zero-order valence-electron chi connectivity index (χ0n) is 13.2. The monoisotopic (exact) mass is 299 g/mol. The van der Waals surface area contributed by atoms with Gasteiger partial charge in [0.1, 0.15) is 5.75 Å². The molecule has 0 fully saturated rings. The molecule has 0 N–H and O–H groups in total. The van der Waals surface area contributed by atoms with E-state index in [4.69, 9.17) is 4.74 Å². The van der Waals surface area contributed by atoms with E-state index in [-0.39, 0.29) is 11.5 Å². The van der Waals surface area contributed by atoms with E-state index in [0.717, 1.165) is 0 Å².